The summed E-state index contributed by atoms with van der Waals surface area (Å²) in [6.07, 6.45) is 3.16. The zero-order chi connectivity index (χ0) is 20.3. The Morgan fingerprint density at radius 3 is 2.07 bits per heavy atom. The van der Waals surface area contributed by atoms with Crippen LogP contribution in [0.15, 0.2) is 53.7 Å². The maximum Gasteiger partial charge on any atom is 0.321 e. The Balaban J connectivity index is 1.87. The fourth-order valence-electron chi connectivity index (χ4n) is 2.91. The van der Waals surface area contributed by atoms with Crippen molar-refractivity contribution in [2.75, 3.05) is 11.8 Å². The summed E-state index contributed by atoms with van der Waals surface area (Å²) in [7, 11) is -2.22. The molecule has 3 rings (SSSR count). The van der Waals surface area contributed by atoms with Crippen molar-refractivity contribution in [1.82, 2.24) is 9.97 Å². The van der Waals surface area contributed by atoms with Gasteiger partial charge < -0.3 is 9.47 Å². The molecule has 0 saturated carbocycles. The molecule has 28 heavy (non-hydrogen) atoms. The Morgan fingerprint density at radius 2 is 1.50 bits per heavy atom. The molecule has 0 atom stereocenters. The zero-order valence-corrected chi connectivity index (χ0v) is 16.9. The summed E-state index contributed by atoms with van der Waals surface area (Å²) in [6, 6.07) is 10.4. The fourth-order valence-corrected chi connectivity index (χ4v) is 4.49. The molecular weight excluding hydrogens is 378 g/mol. The fraction of sp³-hybridized carbons (Fsp3) is 0.200. The van der Waals surface area contributed by atoms with Crippen LogP contribution in [0.1, 0.15) is 16.7 Å². The Morgan fingerprint density at radius 1 is 0.893 bits per heavy atom. The van der Waals surface area contributed by atoms with Gasteiger partial charge in [0.15, 0.2) is 0 Å². The Kier molecular flexibility index (Phi) is 5.51. The van der Waals surface area contributed by atoms with Crippen LogP contribution in [-0.2, 0) is 10.0 Å². The molecule has 0 aliphatic carbocycles. The number of benzene rings is 2. The van der Waals surface area contributed by atoms with Crippen LogP contribution in [0.5, 0.6) is 17.5 Å². The van der Waals surface area contributed by atoms with Crippen molar-refractivity contribution < 1.29 is 17.9 Å². The first-order valence-electron chi connectivity index (χ1n) is 8.54. The summed E-state index contributed by atoms with van der Waals surface area (Å²) in [5, 5.41) is 0. The zero-order valence-electron chi connectivity index (χ0n) is 16.1. The van der Waals surface area contributed by atoms with Crippen molar-refractivity contribution in [2.24, 2.45) is 0 Å². The van der Waals surface area contributed by atoms with Gasteiger partial charge in [0.05, 0.1) is 17.7 Å². The number of sulfonamides is 1. The predicted molar refractivity (Wildman–Crippen MR) is 107 cm³/mol. The lowest BCUT2D eigenvalue weighted by atomic mass is 10.1. The molecule has 2 aromatic carbocycles. The van der Waals surface area contributed by atoms with Crippen molar-refractivity contribution in [3.63, 3.8) is 0 Å². The summed E-state index contributed by atoms with van der Waals surface area (Å²) in [5.74, 6) is 1.14. The van der Waals surface area contributed by atoms with Crippen LogP contribution >= 0.6 is 0 Å². The van der Waals surface area contributed by atoms with Gasteiger partial charge in [0.1, 0.15) is 11.5 Å². The van der Waals surface area contributed by atoms with Gasteiger partial charge in [0, 0.05) is 12.4 Å². The average Bonchev–Trinajstić information content (AvgIpc) is 2.64. The molecule has 0 amide bonds. The van der Waals surface area contributed by atoms with Crippen molar-refractivity contribution in [3.8, 4) is 17.5 Å². The molecule has 1 heterocycles. The number of rotatable bonds is 6. The quantitative estimate of drug-likeness (QED) is 0.674. The molecule has 0 saturated heterocycles. The van der Waals surface area contributed by atoms with E-state index in [-0.39, 0.29) is 10.9 Å². The van der Waals surface area contributed by atoms with E-state index in [1.54, 1.807) is 76.7 Å². The highest BCUT2D eigenvalue weighted by Crippen LogP contribution is 2.30. The molecule has 0 unspecified atom stereocenters. The highest BCUT2D eigenvalue weighted by molar-refractivity contribution is 7.92. The monoisotopic (exact) mass is 399 g/mol. The number of ether oxygens (including phenoxy) is 2. The molecule has 0 fully saturated rings. The van der Waals surface area contributed by atoms with Crippen LogP contribution in [0, 0.1) is 20.8 Å². The third-order valence-electron chi connectivity index (χ3n) is 4.13. The van der Waals surface area contributed by atoms with E-state index in [0.29, 0.717) is 33.9 Å². The van der Waals surface area contributed by atoms with Crippen molar-refractivity contribution in [3.05, 3.63) is 65.5 Å². The average molecular weight is 399 g/mol. The molecule has 1 N–H and O–H groups in total. The van der Waals surface area contributed by atoms with Crippen molar-refractivity contribution in [2.45, 2.75) is 25.7 Å². The molecule has 1 aromatic heterocycles. The van der Waals surface area contributed by atoms with E-state index >= 15 is 0 Å². The minimum absolute atomic E-state index is 0.222. The number of methoxy groups -OCH3 is 1. The van der Waals surface area contributed by atoms with E-state index in [4.69, 9.17) is 9.47 Å². The summed E-state index contributed by atoms with van der Waals surface area (Å²) >= 11 is 0. The van der Waals surface area contributed by atoms with E-state index in [2.05, 4.69) is 14.7 Å². The molecule has 0 aliphatic rings. The van der Waals surface area contributed by atoms with E-state index in [1.807, 2.05) is 0 Å². The summed E-state index contributed by atoms with van der Waals surface area (Å²) in [5.41, 5.74) is 2.41. The predicted octanol–water partition coefficient (Wildman–Crippen LogP) is 4.00. The largest absolute Gasteiger partial charge is 0.497 e. The smallest absolute Gasteiger partial charge is 0.321 e. The maximum absolute atomic E-state index is 13.0. The van der Waals surface area contributed by atoms with Gasteiger partial charge in [-0.1, -0.05) is 0 Å². The van der Waals surface area contributed by atoms with Gasteiger partial charge in [-0.2, -0.15) is 0 Å². The summed E-state index contributed by atoms with van der Waals surface area (Å²) in [6.45, 7) is 5.28. The topological polar surface area (TPSA) is 90.4 Å². The lowest BCUT2D eigenvalue weighted by Crippen LogP contribution is -2.16. The lowest BCUT2D eigenvalue weighted by molar-refractivity contribution is 0.413. The van der Waals surface area contributed by atoms with Gasteiger partial charge >= 0.3 is 6.01 Å². The molecule has 0 aliphatic heterocycles. The van der Waals surface area contributed by atoms with Crippen LogP contribution in [0.2, 0.25) is 0 Å². The molecule has 8 heteroatoms. The van der Waals surface area contributed by atoms with E-state index in [9.17, 15) is 8.42 Å². The van der Waals surface area contributed by atoms with Gasteiger partial charge in [-0.25, -0.2) is 18.4 Å². The Hall–Kier alpha value is -3.13. The minimum atomic E-state index is -3.76. The molecular formula is C20H21N3O4S. The Labute approximate surface area is 164 Å². The van der Waals surface area contributed by atoms with E-state index in [1.165, 1.54) is 0 Å². The van der Waals surface area contributed by atoms with Crippen molar-refractivity contribution in [1.29, 1.82) is 0 Å². The molecule has 0 spiro atoms. The number of hydrogen-bond acceptors (Lipinski definition) is 6. The molecule has 3 aromatic rings. The Bertz CT molecular complexity index is 1080. The third-order valence-corrected chi connectivity index (χ3v) is 5.80. The van der Waals surface area contributed by atoms with Crippen LogP contribution in [-0.4, -0.2) is 25.5 Å². The van der Waals surface area contributed by atoms with Gasteiger partial charge in [-0.3, -0.25) is 4.72 Å². The lowest BCUT2D eigenvalue weighted by Gasteiger charge is -2.16. The number of aromatic nitrogens is 2. The van der Waals surface area contributed by atoms with Crippen LogP contribution in [0.25, 0.3) is 0 Å². The summed E-state index contributed by atoms with van der Waals surface area (Å²) in [4.78, 5) is 8.25. The number of nitrogens with one attached hydrogen (secondary N) is 1. The van der Waals surface area contributed by atoms with Gasteiger partial charge in [0.25, 0.3) is 10.0 Å². The highest BCUT2D eigenvalue weighted by Gasteiger charge is 2.21. The van der Waals surface area contributed by atoms with Crippen LogP contribution < -0.4 is 14.2 Å². The van der Waals surface area contributed by atoms with Gasteiger partial charge in [0.2, 0.25) is 0 Å². The minimum Gasteiger partial charge on any atom is -0.497 e. The molecule has 146 valence electrons. The highest BCUT2D eigenvalue weighted by atomic mass is 32.2. The van der Waals surface area contributed by atoms with E-state index in [0.717, 1.165) is 0 Å². The first-order valence-corrected chi connectivity index (χ1v) is 10.0. The first kappa shape index (κ1) is 19.6. The number of nitrogens with zero attached hydrogens (tertiary/aromatic N) is 2. The second-order valence-corrected chi connectivity index (χ2v) is 7.93. The van der Waals surface area contributed by atoms with Crippen LogP contribution in [0.3, 0.4) is 0 Å². The van der Waals surface area contributed by atoms with Gasteiger partial charge in [-0.05, 0) is 73.9 Å². The molecule has 0 radical (unpaired) electrons. The normalized spacial score (nSPS) is 11.1. The maximum atomic E-state index is 13.0. The second-order valence-electron chi connectivity index (χ2n) is 6.31. The number of aryl methyl sites for hydroxylation is 3. The molecule has 7 nitrogen and oxygen atoms in total. The third kappa shape index (κ3) is 4.23. The number of anilines is 1. The SMILES string of the molecule is COc1cc(C)c(S(=O)(=O)Nc2ccc(Oc3ncccn3)cc2C)c(C)c1. The van der Waals surface area contributed by atoms with E-state index < -0.39 is 10.0 Å². The first-order chi connectivity index (χ1) is 13.3. The summed E-state index contributed by atoms with van der Waals surface area (Å²) < 4.78 is 39.4. The second kappa shape index (κ2) is 7.85. The molecule has 0 bridgehead atoms. The standard InChI is InChI=1S/C20H21N3O4S/c1-13-10-16(27-20-21-8-5-9-22-20)6-7-18(13)23-28(24,25)19-14(2)11-17(26-4)12-15(19)3/h5-12,23H,1-4H3. The number of hydrogen-bond donors (Lipinski definition) is 1. The van der Waals surface area contributed by atoms with Gasteiger partial charge in [-0.15, -0.1) is 0 Å². The van der Waals surface area contributed by atoms with Crippen molar-refractivity contribution >= 4 is 15.7 Å². The van der Waals surface area contributed by atoms with Crippen LogP contribution in [0.4, 0.5) is 5.69 Å².